The number of likely N-dealkylation sites (N-methyl/N-ethyl adjacent to an activating group) is 1. The third-order valence-electron chi connectivity index (χ3n) is 3.24. The van der Waals surface area contributed by atoms with E-state index in [0.29, 0.717) is 0 Å². The second-order valence-corrected chi connectivity index (χ2v) is 4.09. The molecule has 76 valence electrons. The van der Waals surface area contributed by atoms with Crippen molar-refractivity contribution in [3.8, 4) is 6.07 Å². The molecule has 2 unspecified atom stereocenters. The third kappa shape index (κ3) is 1.38. The molecule has 14 heavy (non-hydrogen) atoms. The van der Waals surface area contributed by atoms with Gasteiger partial charge in [-0.2, -0.15) is 5.26 Å². The maximum atomic E-state index is 11.7. The molecule has 0 aliphatic carbocycles. The largest absolute Gasteiger partial charge is 0.344 e. The zero-order valence-corrected chi connectivity index (χ0v) is 8.44. The van der Waals surface area contributed by atoms with E-state index in [1.165, 1.54) is 0 Å². The minimum atomic E-state index is -0.0320. The number of likely N-dealkylation sites (tertiary alicyclic amines) is 2. The van der Waals surface area contributed by atoms with Gasteiger partial charge in [-0.05, 0) is 19.3 Å². The second-order valence-electron chi connectivity index (χ2n) is 4.09. The van der Waals surface area contributed by atoms with E-state index in [0.717, 1.165) is 32.4 Å². The van der Waals surface area contributed by atoms with E-state index in [1.54, 1.807) is 4.90 Å². The first-order chi connectivity index (χ1) is 6.74. The summed E-state index contributed by atoms with van der Waals surface area (Å²) in [6.45, 7) is 1.74. The van der Waals surface area contributed by atoms with Gasteiger partial charge >= 0.3 is 0 Å². The van der Waals surface area contributed by atoms with Crippen molar-refractivity contribution >= 4 is 5.91 Å². The number of nitrogens with zero attached hydrogens (tertiary/aromatic N) is 3. The van der Waals surface area contributed by atoms with Gasteiger partial charge in [0.2, 0.25) is 5.91 Å². The van der Waals surface area contributed by atoms with Gasteiger partial charge in [0.1, 0.15) is 0 Å². The molecule has 0 aromatic carbocycles. The Balaban J connectivity index is 2.09. The predicted octanol–water partition coefficient (Wildman–Crippen LogP) is 0.205. The highest BCUT2D eigenvalue weighted by Crippen LogP contribution is 2.25. The summed E-state index contributed by atoms with van der Waals surface area (Å²) < 4.78 is 0. The second kappa shape index (κ2) is 3.58. The van der Waals surface area contributed by atoms with Crippen LogP contribution in [0.2, 0.25) is 0 Å². The maximum Gasteiger partial charge on any atom is 0.239 e. The standard InChI is InChI=1S/C10H15N3O/c1-12-6-4-9(10(12)14)13-5-2-3-8(13)7-11/h8-9H,2-6H2,1H3. The first kappa shape index (κ1) is 9.47. The van der Waals surface area contributed by atoms with E-state index >= 15 is 0 Å². The van der Waals surface area contributed by atoms with Crippen LogP contribution in [-0.4, -0.2) is 47.9 Å². The summed E-state index contributed by atoms with van der Waals surface area (Å²) in [5, 5.41) is 8.93. The van der Waals surface area contributed by atoms with Crippen LogP contribution in [0.15, 0.2) is 0 Å². The molecule has 2 aliphatic rings. The third-order valence-corrected chi connectivity index (χ3v) is 3.24. The first-order valence-electron chi connectivity index (χ1n) is 5.14. The van der Waals surface area contributed by atoms with Crippen LogP contribution in [0.1, 0.15) is 19.3 Å². The normalized spacial score (nSPS) is 33.7. The number of carbonyl (C=O) groups is 1. The Morgan fingerprint density at radius 1 is 1.43 bits per heavy atom. The van der Waals surface area contributed by atoms with Gasteiger partial charge in [-0.15, -0.1) is 0 Å². The molecule has 4 nitrogen and oxygen atoms in total. The molecule has 0 aromatic rings. The van der Waals surface area contributed by atoms with E-state index in [2.05, 4.69) is 11.0 Å². The Bertz CT molecular complexity index is 284. The summed E-state index contributed by atoms with van der Waals surface area (Å²) in [7, 11) is 1.83. The van der Waals surface area contributed by atoms with Gasteiger partial charge in [-0.1, -0.05) is 0 Å². The van der Waals surface area contributed by atoms with Gasteiger partial charge in [-0.25, -0.2) is 0 Å². The van der Waals surface area contributed by atoms with E-state index in [4.69, 9.17) is 5.26 Å². The molecule has 1 amide bonds. The van der Waals surface area contributed by atoms with Crippen LogP contribution in [0.5, 0.6) is 0 Å². The SMILES string of the molecule is CN1CCC(N2CCCC2C#N)C1=O. The summed E-state index contributed by atoms with van der Waals surface area (Å²) in [4.78, 5) is 15.6. The lowest BCUT2D eigenvalue weighted by Gasteiger charge is -2.24. The fourth-order valence-electron chi connectivity index (χ4n) is 2.41. The van der Waals surface area contributed by atoms with Crippen LogP contribution in [0, 0.1) is 11.3 Å². The number of hydrogen-bond donors (Lipinski definition) is 0. The first-order valence-corrected chi connectivity index (χ1v) is 5.14. The molecule has 0 aromatic heterocycles. The van der Waals surface area contributed by atoms with E-state index < -0.39 is 0 Å². The topological polar surface area (TPSA) is 47.3 Å². The quantitative estimate of drug-likeness (QED) is 0.598. The van der Waals surface area contributed by atoms with Crippen molar-refractivity contribution in [2.45, 2.75) is 31.3 Å². The molecule has 0 bridgehead atoms. The van der Waals surface area contributed by atoms with E-state index in [9.17, 15) is 4.79 Å². The summed E-state index contributed by atoms with van der Waals surface area (Å²) >= 11 is 0. The molecular formula is C10H15N3O. The highest BCUT2D eigenvalue weighted by molar-refractivity contribution is 5.83. The summed E-state index contributed by atoms with van der Waals surface area (Å²) in [6, 6.07) is 2.23. The highest BCUT2D eigenvalue weighted by Gasteiger charge is 2.39. The van der Waals surface area contributed by atoms with Crippen LogP contribution in [-0.2, 0) is 4.79 Å². The van der Waals surface area contributed by atoms with Crippen LogP contribution in [0.3, 0.4) is 0 Å². The minimum Gasteiger partial charge on any atom is -0.344 e. The fraction of sp³-hybridized carbons (Fsp3) is 0.800. The van der Waals surface area contributed by atoms with Crippen molar-refractivity contribution in [3.05, 3.63) is 0 Å². The Morgan fingerprint density at radius 2 is 2.21 bits per heavy atom. The Morgan fingerprint density at radius 3 is 2.79 bits per heavy atom. The number of hydrogen-bond acceptors (Lipinski definition) is 3. The lowest BCUT2D eigenvalue weighted by atomic mass is 10.2. The number of nitriles is 1. The molecule has 2 atom stereocenters. The van der Waals surface area contributed by atoms with Crippen LogP contribution < -0.4 is 0 Å². The smallest absolute Gasteiger partial charge is 0.239 e. The van der Waals surface area contributed by atoms with Crippen LogP contribution >= 0.6 is 0 Å². The molecule has 2 saturated heterocycles. The molecule has 0 saturated carbocycles. The summed E-state index contributed by atoms with van der Waals surface area (Å²) in [6.07, 6.45) is 2.85. The molecule has 0 spiro atoms. The van der Waals surface area contributed by atoms with Crippen molar-refractivity contribution in [2.24, 2.45) is 0 Å². The van der Waals surface area contributed by atoms with Gasteiger partial charge in [0.05, 0.1) is 18.2 Å². The minimum absolute atomic E-state index is 0.0212. The van der Waals surface area contributed by atoms with Crippen LogP contribution in [0.4, 0.5) is 0 Å². The van der Waals surface area contributed by atoms with Crippen LogP contribution in [0.25, 0.3) is 0 Å². The lowest BCUT2D eigenvalue weighted by Crippen LogP contribution is -2.43. The van der Waals surface area contributed by atoms with Gasteiger partial charge in [0, 0.05) is 20.1 Å². The Labute approximate surface area is 84.1 Å². The Kier molecular flexibility index (Phi) is 2.42. The molecular weight excluding hydrogens is 178 g/mol. The number of carbonyl (C=O) groups excluding carboxylic acids is 1. The van der Waals surface area contributed by atoms with Crippen molar-refractivity contribution in [1.82, 2.24) is 9.80 Å². The van der Waals surface area contributed by atoms with E-state index in [-0.39, 0.29) is 18.0 Å². The van der Waals surface area contributed by atoms with Gasteiger partial charge in [0.15, 0.2) is 0 Å². The fourth-order valence-corrected chi connectivity index (χ4v) is 2.41. The Hall–Kier alpha value is -1.08. The molecule has 4 heteroatoms. The summed E-state index contributed by atoms with van der Waals surface area (Å²) in [5.41, 5.74) is 0. The van der Waals surface area contributed by atoms with E-state index in [1.807, 2.05) is 7.05 Å². The maximum absolute atomic E-state index is 11.7. The van der Waals surface area contributed by atoms with Gasteiger partial charge in [-0.3, -0.25) is 9.69 Å². The lowest BCUT2D eigenvalue weighted by molar-refractivity contribution is -0.131. The predicted molar refractivity (Wildman–Crippen MR) is 51.4 cm³/mol. The summed E-state index contributed by atoms with van der Waals surface area (Å²) in [5.74, 6) is 0.187. The molecule has 0 radical (unpaired) electrons. The zero-order chi connectivity index (χ0) is 10.1. The zero-order valence-electron chi connectivity index (χ0n) is 8.44. The molecule has 2 fully saturated rings. The van der Waals surface area contributed by atoms with Gasteiger partial charge in [0.25, 0.3) is 0 Å². The average molecular weight is 193 g/mol. The monoisotopic (exact) mass is 193 g/mol. The van der Waals surface area contributed by atoms with Gasteiger partial charge < -0.3 is 4.90 Å². The number of amides is 1. The van der Waals surface area contributed by atoms with Crippen molar-refractivity contribution in [3.63, 3.8) is 0 Å². The molecule has 2 aliphatic heterocycles. The van der Waals surface area contributed by atoms with Crippen molar-refractivity contribution < 1.29 is 4.79 Å². The average Bonchev–Trinajstić information content (AvgIpc) is 2.75. The molecule has 2 heterocycles. The number of rotatable bonds is 1. The van der Waals surface area contributed by atoms with Crippen molar-refractivity contribution in [2.75, 3.05) is 20.1 Å². The van der Waals surface area contributed by atoms with Crippen molar-refractivity contribution in [1.29, 1.82) is 5.26 Å². The molecule has 0 N–H and O–H groups in total. The molecule has 2 rings (SSSR count). The highest BCUT2D eigenvalue weighted by atomic mass is 16.2.